The van der Waals surface area contributed by atoms with Crippen molar-refractivity contribution in [3.8, 4) is 5.69 Å². The van der Waals surface area contributed by atoms with Gasteiger partial charge in [0.2, 0.25) is 5.91 Å². The van der Waals surface area contributed by atoms with Crippen LogP contribution in [0.25, 0.3) is 16.5 Å². The molecule has 1 unspecified atom stereocenters. The lowest BCUT2D eigenvalue weighted by atomic mass is 9.90. The third-order valence-electron chi connectivity index (χ3n) is 6.01. The van der Waals surface area contributed by atoms with E-state index in [-0.39, 0.29) is 0 Å². The van der Waals surface area contributed by atoms with E-state index in [0.717, 1.165) is 21.2 Å². The molecule has 0 saturated carbocycles. The van der Waals surface area contributed by atoms with Crippen molar-refractivity contribution in [1.29, 1.82) is 0 Å². The molecule has 4 amide bonds. The smallest absolute Gasteiger partial charge is 0.324 e. The number of rotatable bonds is 5. The molecule has 1 aliphatic rings. The number of tetrazole rings is 1. The van der Waals surface area contributed by atoms with E-state index in [0.29, 0.717) is 16.9 Å². The fourth-order valence-corrected chi connectivity index (χ4v) is 4.04. The number of imide groups is 1. The van der Waals surface area contributed by atoms with Crippen molar-refractivity contribution in [1.82, 2.24) is 30.4 Å². The lowest BCUT2D eigenvalue weighted by Gasteiger charge is -2.22. The van der Waals surface area contributed by atoms with E-state index in [1.54, 1.807) is 13.0 Å². The van der Waals surface area contributed by atoms with Gasteiger partial charge in [0, 0.05) is 5.69 Å². The molecule has 2 N–H and O–H groups in total. The van der Waals surface area contributed by atoms with E-state index < -0.39 is 29.9 Å². The molecular formula is C24H21N7O3. The molecule has 0 bridgehead atoms. The zero-order valence-electron chi connectivity index (χ0n) is 18.5. The number of carbonyl (C=O) groups is 3. The number of aryl methyl sites for hydroxylation is 1. The van der Waals surface area contributed by atoms with Gasteiger partial charge in [0.25, 0.3) is 5.91 Å². The number of hydrogen-bond donors (Lipinski definition) is 2. The van der Waals surface area contributed by atoms with Gasteiger partial charge in [-0.15, -0.1) is 5.10 Å². The summed E-state index contributed by atoms with van der Waals surface area (Å²) in [5, 5.41) is 18.6. The molecule has 10 nitrogen and oxygen atoms in total. The lowest BCUT2D eigenvalue weighted by Crippen LogP contribution is -2.42. The van der Waals surface area contributed by atoms with Crippen molar-refractivity contribution in [2.24, 2.45) is 0 Å². The number of hydrogen-bond acceptors (Lipinski definition) is 6. The van der Waals surface area contributed by atoms with Crippen LogP contribution < -0.4 is 10.6 Å². The summed E-state index contributed by atoms with van der Waals surface area (Å²) in [5.41, 5.74) is 1.38. The molecule has 0 radical (unpaired) electrons. The monoisotopic (exact) mass is 455 g/mol. The Bertz CT molecular complexity index is 1430. The van der Waals surface area contributed by atoms with E-state index >= 15 is 0 Å². The van der Waals surface area contributed by atoms with Crippen LogP contribution in [-0.2, 0) is 15.1 Å². The molecule has 10 heteroatoms. The largest absolute Gasteiger partial charge is 0.325 e. The molecule has 2 heterocycles. The van der Waals surface area contributed by atoms with Gasteiger partial charge in [0.15, 0.2) is 0 Å². The molecule has 0 aliphatic carbocycles. The van der Waals surface area contributed by atoms with Crippen LogP contribution in [0.3, 0.4) is 0 Å². The number of fused-ring (bicyclic) bond motifs is 1. The highest BCUT2D eigenvalue weighted by Gasteiger charge is 2.49. The highest BCUT2D eigenvalue weighted by atomic mass is 16.2. The van der Waals surface area contributed by atoms with Crippen LogP contribution in [0.2, 0.25) is 0 Å². The van der Waals surface area contributed by atoms with Crippen molar-refractivity contribution < 1.29 is 14.4 Å². The average Bonchev–Trinajstić information content (AvgIpc) is 3.44. The first kappa shape index (κ1) is 21.3. The third-order valence-corrected chi connectivity index (χ3v) is 6.01. The number of urea groups is 1. The second-order valence-corrected chi connectivity index (χ2v) is 8.31. The van der Waals surface area contributed by atoms with Gasteiger partial charge in [-0.25, -0.2) is 9.48 Å². The first-order valence-corrected chi connectivity index (χ1v) is 10.6. The van der Waals surface area contributed by atoms with Crippen molar-refractivity contribution in [3.05, 3.63) is 78.1 Å². The molecule has 170 valence electrons. The van der Waals surface area contributed by atoms with E-state index in [9.17, 15) is 14.4 Å². The molecule has 5 rings (SSSR count). The second kappa shape index (κ2) is 8.07. The fourth-order valence-electron chi connectivity index (χ4n) is 4.04. The van der Waals surface area contributed by atoms with E-state index in [1.165, 1.54) is 11.0 Å². The Morgan fingerprint density at radius 2 is 1.85 bits per heavy atom. The van der Waals surface area contributed by atoms with E-state index in [2.05, 4.69) is 26.2 Å². The molecule has 1 atom stereocenters. The van der Waals surface area contributed by atoms with Gasteiger partial charge >= 0.3 is 6.03 Å². The minimum atomic E-state index is -1.27. The van der Waals surface area contributed by atoms with Crippen LogP contribution in [0.1, 0.15) is 18.1 Å². The van der Waals surface area contributed by atoms with Crippen LogP contribution in [0.4, 0.5) is 10.5 Å². The number of nitrogens with zero attached hydrogens (tertiary/aromatic N) is 5. The number of amides is 4. The predicted molar refractivity (Wildman–Crippen MR) is 124 cm³/mol. The van der Waals surface area contributed by atoms with Crippen molar-refractivity contribution >= 4 is 34.3 Å². The van der Waals surface area contributed by atoms with Crippen molar-refractivity contribution in [3.63, 3.8) is 0 Å². The molecule has 4 aromatic rings. The SMILES string of the molecule is Cc1ccc(-n2cnnn2)cc1NC(=O)CN1C(=O)NC(C)(c2ccc3ccccc3c2)C1=O. The summed E-state index contributed by atoms with van der Waals surface area (Å²) in [6, 6.07) is 18.1. The van der Waals surface area contributed by atoms with Gasteiger partial charge < -0.3 is 10.6 Å². The third kappa shape index (κ3) is 3.64. The zero-order chi connectivity index (χ0) is 23.9. The first-order chi connectivity index (χ1) is 16.3. The molecular weight excluding hydrogens is 434 g/mol. The van der Waals surface area contributed by atoms with Crippen LogP contribution in [-0.4, -0.2) is 49.5 Å². The van der Waals surface area contributed by atoms with Crippen molar-refractivity contribution in [2.75, 3.05) is 11.9 Å². The maximum absolute atomic E-state index is 13.3. The Labute approximate surface area is 194 Å². The number of carbonyl (C=O) groups excluding carboxylic acids is 3. The van der Waals surface area contributed by atoms with Gasteiger partial charge in [-0.05, 0) is 64.4 Å². The lowest BCUT2D eigenvalue weighted by molar-refractivity contribution is -0.133. The number of aromatic nitrogens is 4. The quantitative estimate of drug-likeness (QED) is 0.446. The maximum atomic E-state index is 13.3. The molecule has 1 fully saturated rings. The summed E-state index contributed by atoms with van der Waals surface area (Å²) in [5.74, 6) is -0.981. The van der Waals surface area contributed by atoms with Gasteiger partial charge in [-0.3, -0.25) is 14.5 Å². The van der Waals surface area contributed by atoms with Crippen LogP contribution in [0.15, 0.2) is 67.0 Å². The Hall–Kier alpha value is -4.60. The summed E-state index contributed by atoms with van der Waals surface area (Å²) in [6.07, 6.45) is 1.44. The normalized spacial score (nSPS) is 17.8. The standard InChI is InChI=1S/C24H21N7O3/c1-15-7-10-19(31-14-25-28-29-31)12-20(15)26-21(32)13-30-22(33)24(2,27-23(30)34)18-9-8-16-5-3-4-6-17(16)11-18/h3-12,14H,13H2,1-2H3,(H,26,32)(H,27,34). The van der Waals surface area contributed by atoms with E-state index in [4.69, 9.17) is 0 Å². The van der Waals surface area contributed by atoms with Gasteiger partial charge in [-0.1, -0.05) is 42.5 Å². The first-order valence-electron chi connectivity index (χ1n) is 10.6. The van der Waals surface area contributed by atoms with Crippen LogP contribution >= 0.6 is 0 Å². The average molecular weight is 455 g/mol. The Balaban J connectivity index is 1.35. The second-order valence-electron chi connectivity index (χ2n) is 8.31. The zero-order valence-corrected chi connectivity index (χ0v) is 18.5. The minimum absolute atomic E-state index is 0.414. The number of anilines is 1. The molecule has 1 aromatic heterocycles. The molecule has 3 aromatic carbocycles. The maximum Gasteiger partial charge on any atom is 0.325 e. The van der Waals surface area contributed by atoms with Gasteiger partial charge in [0.05, 0.1) is 5.69 Å². The molecule has 0 spiro atoms. The van der Waals surface area contributed by atoms with Crippen LogP contribution in [0, 0.1) is 6.92 Å². The van der Waals surface area contributed by atoms with Gasteiger partial charge in [-0.2, -0.15) is 0 Å². The molecule has 34 heavy (non-hydrogen) atoms. The van der Waals surface area contributed by atoms with Crippen LogP contribution in [0.5, 0.6) is 0 Å². The Kier molecular flexibility index (Phi) is 5.05. The Morgan fingerprint density at radius 3 is 2.62 bits per heavy atom. The number of benzene rings is 3. The van der Waals surface area contributed by atoms with Gasteiger partial charge in [0.1, 0.15) is 18.4 Å². The summed E-state index contributed by atoms with van der Waals surface area (Å²) >= 11 is 0. The molecule has 1 aliphatic heterocycles. The topological polar surface area (TPSA) is 122 Å². The Morgan fingerprint density at radius 1 is 1.06 bits per heavy atom. The predicted octanol–water partition coefficient (Wildman–Crippen LogP) is 2.53. The minimum Gasteiger partial charge on any atom is -0.324 e. The van der Waals surface area contributed by atoms with Crippen molar-refractivity contribution in [2.45, 2.75) is 19.4 Å². The highest BCUT2D eigenvalue weighted by molar-refractivity contribution is 6.10. The van der Waals surface area contributed by atoms with E-state index in [1.807, 2.05) is 61.5 Å². The summed E-state index contributed by atoms with van der Waals surface area (Å²) in [6.45, 7) is 3.07. The summed E-state index contributed by atoms with van der Waals surface area (Å²) in [4.78, 5) is 39.7. The number of nitrogens with one attached hydrogen (secondary N) is 2. The summed E-state index contributed by atoms with van der Waals surface area (Å²) in [7, 11) is 0. The fraction of sp³-hybridized carbons (Fsp3) is 0.167. The highest BCUT2D eigenvalue weighted by Crippen LogP contribution is 2.31. The molecule has 1 saturated heterocycles. The summed E-state index contributed by atoms with van der Waals surface area (Å²) < 4.78 is 1.46.